The van der Waals surface area contributed by atoms with Gasteiger partial charge in [0.25, 0.3) is 9.05 Å². The van der Waals surface area contributed by atoms with Crippen molar-refractivity contribution < 1.29 is 26.3 Å². The van der Waals surface area contributed by atoms with E-state index in [2.05, 4.69) is 25.7 Å². The van der Waals surface area contributed by atoms with E-state index in [9.17, 15) is 21.6 Å². The predicted molar refractivity (Wildman–Crippen MR) is 64.4 cm³/mol. The molecule has 0 spiro atoms. The highest BCUT2D eigenvalue weighted by molar-refractivity contribution is 14.1. The summed E-state index contributed by atoms with van der Waals surface area (Å²) in [5.74, 6) is -1.12. The molecule has 4 nitrogen and oxygen atoms in total. The van der Waals surface area contributed by atoms with Gasteiger partial charge < -0.3 is 4.74 Å². The van der Waals surface area contributed by atoms with Crippen LogP contribution in [0.3, 0.4) is 0 Å². The summed E-state index contributed by atoms with van der Waals surface area (Å²) in [6.45, 7) is 0. The van der Waals surface area contributed by atoms with Gasteiger partial charge in [0.05, 0.1) is 0 Å². The second-order valence-electron chi connectivity index (χ2n) is 2.55. The summed E-state index contributed by atoms with van der Waals surface area (Å²) in [6.07, 6.45) is -5.06. The highest BCUT2D eigenvalue weighted by Crippen LogP contribution is 2.36. The monoisotopic (exact) mass is 465 g/mol. The van der Waals surface area contributed by atoms with Crippen LogP contribution in [0.25, 0.3) is 0 Å². The third-order valence-electron chi connectivity index (χ3n) is 1.32. The highest BCUT2D eigenvalue weighted by atomic mass is 127. The maximum atomic E-state index is 12.1. The molecule has 0 amide bonds. The van der Waals surface area contributed by atoms with Crippen molar-refractivity contribution in [3.63, 3.8) is 0 Å². The minimum absolute atomic E-state index is 0.109. The Labute approximate surface area is 120 Å². The van der Waals surface area contributed by atoms with Gasteiger partial charge in [0.2, 0.25) is 5.88 Å². The van der Waals surface area contributed by atoms with Gasteiger partial charge in [-0.25, -0.2) is 13.4 Å². The van der Waals surface area contributed by atoms with Crippen molar-refractivity contribution in [3.05, 3.63) is 14.2 Å². The van der Waals surface area contributed by atoms with Crippen molar-refractivity contribution in [2.75, 3.05) is 0 Å². The SMILES string of the molecule is O=S(=O)(Cl)c1c(Br)cc(I)nc1OC(F)(F)F. The van der Waals surface area contributed by atoms with E-state index in [0.29, 0.717) is 0 Å². The molecule has 0 bridgehead atoms. The first-order chi connectivity index (χ1) is 7.50. The molecule has 0 saturated heterocycles. The molecule has 17 heavy (non-hydrogen) atoms. The zero-order valence-electron chi connectivity index (χ0n) is 7.43. The van der Waals surface area contributed by atoms with E-state index in [1.165, 1.54) is 6.07 Å². The van der Waals surface area contributed by atoms with Gasteiger partial charge in [0.1, 0.15) is 3.70 Å². The fourth-order valence-electron chi connectivity index (χ4n) is 0.852. The molecule has 1 rings (SSSR count). The average Bonchev–Trinajstić information content (AvgIpc) is 1.94. The molecule has 1 aromatic heterocycles. The molecular formula is C6HBrClF3INO3S. The summed E-state index contributed by atoms with van der Waals surface area (Å²) in [4.78, 5) is 2.47. The van der Waals surface area contributed by atoms with Crippen molar-refractivity contribution in [1.29, 1.82) is 0 Å². The van der Waals surface area contributed by atoms with Crippen LogP contribution < -0.4 is 4.74 Å². The normalized spacial score (nSPS) is 12.6. The second kappa shape index (κ2) is 5.05. The summed E-state index contributed by atoms with van der Waals surface area (Å²) < 4.78 is 61.9. The van der Waals surface area contributed by atoms with E-state index in [1.54, 1.807) is 22.6 Å². The molecule has 11 heteroatoms. The number of halogens is 6. The Morgan fingerprint density at radius 1 is 1.47 bits per heavy atom. The van der Waals surface area contributed by atoms with Crippen LogP contribution in [0.4, 0.5) is 13.2 Å². The molecule has 96 valence electrons. The van der Waals surface area contributed by atoms with Gasteiger partial charge in [-0.15, -0.1) is 13.2 Å². The zero-order chi connectivity index (χ0) is 13.4. The summed E-state index contributed by atoms with van der Waals surface area (Å²) in [6, 6.07) is 1.19. The summed E-state index contributed by atoms with van der Waals surface area (Å²) in [5.41, 5.74) is 0. The summed E-state index contributed by atoms with van der Waals surface area (Å²) in [7, 11) is 0.584. The fourth-order valence-corrected chi connectivity index (χ4v) is 4.15. The van der Waals surface area contributed by atoms with Crippen molar-refractivity contribution in [3.8, 4) is 5.88 Å². The molecule has 0 aliphatic heterocycles. The third kappa shape index (κ3) is 4.41. The van der Waals surface area contributed by atoms with Crippen LogP contribution >= 0.6 is 49.2 Å². The lowest BCUT2D eigenvalue weighted by Gasteiger charge is -2.11. The molecule has 1 aromatic rings. The minimum atomic E-state index is -5.06. The number of rotatable bonds is 2. The van der Waals surface area contributed by atoms with Crippen LogP contribution in [-0.4, -0.2) is 19.8 Å². The zero-order valence-corrected chi connectivity index (χ0v) is 12.7. The van der Waals surface area contributed by atoms with Crippen LogP contribution in [0.2, 0.25) is 0 Å². The third-order valence-corrected chi connectivity index (χ3v) is 4.11. The summed E-state index contributed by atoms with van der Waals surface area (Å²) >= 11 is 4.39. The quantitative estimate of drug-likeness (QED) is 0.382. The molecule has 0 unspecified atom stereocenters. The Morgan fingerprint density at radius 3 is 2.41 bits per heavy atom. The number of alkyl halides is 3. The van der Waals surface area contributed by atoms with E-state index in [1.807, 2.05) is 0 Å². The van der Waals surface area contributed by atoms with Gasteiger partial charge in [-0.2, -0.15) is 0 Å². The van der Waals surface area contributed by atoms with Gasteiger partial charge in [0, 0.05) is 15.2 Å². The fraction of sp³-hybridized carbons (Fsp3) is 0.167. The first-order valence-electron chi connectivity index (χ1n) is 3.57. The van der Waals surface area contributed by atoms with Gasteiger partial charge in [0.15, 0.2) is 4.90 Å². The molecule has 0 aliphatic rings. The van der Waals surface area contributed by atoms with E-state index in [-0.39, 0.29) is 8.17 Å². The average molecular weight is 466 g/mol. The van der Waals surface area contributed by atoms with E-state index >= 15 is 0 Å². The van der Waals surface area contributed by atoms with E-state index in [0.717, 1.165) is 0 Å². The molecule has 0 fully saturated rings. The molecule has 0 radical (unpaired) electrons. The second-order valence-corrected chi connectivity index (χ2v) is 7.01. The number of hydrogen-bond donors (Lipinski definition) is 0. The van der Waals surface area contributed by atoms with Crippen molar-refractivity contribution in [1.82, 2.24) is 4.98 Å². The number of ether oxygens (including phenoxy) is 1. The van der Waals surface area contributed by atoms with Crippen LogP contribution in [-0.2, 0) is 9.05 Å². The number of pyridine rings is 1. The first-order valence-corrected chi connectivity index (χ1v) is 7.75. The van der Waals surface area contributed by atoms with Gasteiger partial charge in [-0.05, 0) is 44.6 Å². The Bertz CT molecular complexity index is 550. The standard InChI is InChI=1S/C6HBrClF3INO3S/c7-2-1-3(12)13-5(16-6(9,10)11)4(2)17(8,14)15/h1H. The Morgan fingerprint density at radius 2 is 2.00 bits per heavy atom. The minimum Gasteiger partial charge on any atom is -0.386 e. The van der Waals surface area contributed by atoms with Crippen LogP contribution in [0.5, 0.6) is 5.88 Å². The van der Waals surface area contributed by atoms with Gasteiger partial charge in [-0.1, -0.05) is 0 Å². The smallest absolute Gasteiger partial charge is 0.386 e. The predicted octanol–water partition coefficient (Wildman–Crippen LogP) is 3.27. The lowest BCUT2D eigenvalue weighted by Crippen LogP contribution is -2.19. The van der Waals surface area contributed by atoms with Crippen molar-refractivity contribution >= 4 is 58.3 Å². The van der Waals surface area contributed by atoms with Crippen LogP contribution in [0.1, 0.15) is 0 Å². The van der Waals surface area contributed by atoms with Crippen molar-refractivity contribution in [2.45, 2.75) is 11.3 Å². The largest absolute Gasteiger partial charge is 0.574 e. The molecule has 0 aliphatic carbocycles. The maximum absolute atomic E-state index is 12.1. The Kier molecular flexibility index (Phi) is 4.53. The Balaban J connectivity index is 3.47. The van der Waals surface area contributed by atoms with Crippen LogP contribution in [0, 0.1) is 3.70 Å². The van der Waals surface area contributed by atoms with Crippen LogP contribution in [0.15, 0.2) is 15.4 Å². The highest BCUT2D eigenvalue weighted by Gasteiger charge is 2.36. The van der Waals surface area contributed by atoms with E-state index in [4.69, 9.17) is 10.7 Å². The van der Waals surface area contributed by atoms with Gasteiger partial charge in [-0.3, -0.25) is 0 Å². The maximum Gasteiger partial charge on any atom is 0.574 e. The number of aromatic nitrogens is 1. The van der Waals surface area contributed by atoms with Gasteiger partial charge >= 0.3 is 6.36 Å². The van der Waals surface area contributed by atoms with E-state index < -0.39 is 26.2 Å². The van der Waals surface area contributed by atoms with Crippen molar-refractivity contribution in [2.24, 2.45) is 0 Å². The molecule has 0 saturated carbocycles. The molecule has 0 atom stereocenters. The topological polar surface area (TPSA) is 56.3 Å². The lowest BCUT2D eigenvalue weighted by molar-refractivity contribution is -0.277. The molecule has 0 N–H and O–H groups in total. The lowest BCUT2D eigenvalue weighted by atomic mass is 10.5. The number of nitrogens with zero attached hydrogens (tertiary/aromatic N) is 1. The Hall–Kier alpha value is 0.190. The number of hydrogen-bond acceptors (Lipinski definition) is 4. The first kappa shape index (κ1) is 15.2. The molecule has 1 heterocycles. The molecular weight excluding hydrogens is 465 g/mol. The molecule has 0 aromatic carbocycles. The summed E-state index contributed by atoms with van der Waals surface area (Å²) in [5, 5.41) is 0.